The van der Waals surface area contributed by atoms with Gasteiger partial charge in [0.05, 0.1) is 0 Å². The molecule has 0 saturated heterocycles. The fourth-order valence-electron chi connectivity index (χ4n) is 0. The van der Waals surface area contributed by atoms with Gasteiger partial charge in [-0.15, -0.1) is 0 Å². The molecular weight excluding hydrogens is 324 g/mol. The van der Waals surface area contributed by atoms with Crippen LogP contribution in [0.25, 0.3) is 0 Å². The van der Waals surface area contributed by atoms with Gasteiger partial charge in [-0.05, 0) is 0 Å². The zero-order valence-corrected chi connectivity index (χ0v) is 9.26. The van der Waals surface area contributed by atoms with Gasteiger partial charge in [-0.3, -0.25) is 0 Å². The Morgan fingerprint density at radius 1 is 0.500 bits per heavy atom. The Morgan fingerprint density at radius 2 is 0.500 bits per heavy atom. The van der Waals surface area contributed by atoms with E-state index in [1.165, 1.54) is 0 Å². The molecule has 0 N–H and O–H groups in total. The smallest absolute Gasteiger partial charge is 0.512 e. The zero-order chi connectivity index (χ0) is 8.00. The Balaban J connectivity index is -0.00000000500. The van der Waals surface area contributed by atoms with Crippen molar-refractivity contribution in [3.05, 3.63) is 26.3 Å². The summed E-state index contributed by atoms with van der Waals surface area (Å²) in [6, 6.07) is 0. The molecule has 4 nitrogen and oxygen atoms in total. The molecule has 0 heterocycles. The predicted octanol–water partition coefficient (Wildman–Crippen LogP) is -2.61. The van der Waals surface area contributed by atoms with Crippen LogP contribution >= 0.6 is 0 Å². The van der Waals surface area contributed by atoms with Crippen LogP contribution in [0, 0.1) is 47.3 Å². The second kappa shape index (κ2) is 5740. The van der Waals surface area contributed by atoms with E-state index in [1.807, 2.05) is 0 Å². The summed E-state index contributed by atoms with van der Waals surface area (Å²) in [6.45, 7) is 19.0. The maximum atomic E-state index is 6.25. The van der Waals surface area contributed by atoms with Crippen molar-refractivity contribution >= 4 is 0 Å². The topological polar surface area (TPSA) is 95.2 Å². The third-order valence-electron chi connectivity index (χ3n) is 0. The van der Waals surface area contributed by atoms with Crippen LogP contribution in [-0.2, 0) is 22.4 Å². The van der Waals surface area contributed by atoms with Gasteiger partial charge in [0.2, 0.25) is 0 Å². The van der Waals surface area contributed by atoms with Crippen molar-refractivity contribution in [1.29, 1.82) is 21.0 Å². The van der Waals surface area contributed by atoms with E-state index in [1.54, 1.807) is 0 Å². The summed E-state index contributed by atoms with van der Waals surface area (Å²) in [5.74, 6) is 0. The van der Waals surface area contributed by atoms with Gasteiger partial charge in [-0.25, -0.2) is 0 Å². The van der Waals surface area contributed by atoms with Gasteiger partial charge in [0.15, 0.2) is 0 Å². The van der Waals surface area contributed by atoms with E-state index in [0.717, 1.165) is 0 Å². The molecule has 0 aliphatic carbocycles. The first kappa shape index (κ1) is 53.6. The molecule has 0 spiro atoms. The number of hydrogen-bond acceptors (Lipinski definition) is 4. The second-order valence-corrected chi connectivity index (χ2v) is 0. The summed E-state index contributed by atoms with van der Waals surface area (Å²) >= 11 is 0. The van der Waals surface area contributed by atoms with Gasteiger partial charge in [-0.2, -0.15) is 0 Å². The first-order valence-corrected chi connectivity index (χ1v) is 0.894. The molecule has 6 heteroatoms. The van der Waals surface area contributed by atoms with Crippen molar-refractivity contribution in [2.45, 2.75) is 0 Å². The van der Waals surface area contributed by atoms with Crippen molar-refractivity contribution in [3.63, 3.8) is 0 Å². The molecule has 0 fully saturated rings. The van der Waals surface area contributed by atoms with Crippen molar-refractivity contribution in [1.82, 2.24) is 0 Å². The Hall–Kier alpha value is -0.300. The molecule has 48 valence electrons. The molecule has 0 radical (unpaired) electrons. The zero-order valence-electron chi connectivity index (χ0n) is 5.09. The monoisotopic (exact) mass is 324 g/mol. The summed E-state index contributed by atoms with van der Waals surface area (Å²) in [5.41, 5.74) is 0. The Morgan fingerprint density at radius 3 is 0.500 bits per heavy atom. The summed E-state index contributed by atoms with van der Waals surface area (Å²) in [6.07, 6.45) is 0. The second-order valence-electron chi connectivity index (χ2n) is 0. The van der Waals surface area contributed by atoms with Crippen LogP contribution < -0.4 is 29.6 Å². The van der Waals surface area contributed by atoms with Crippen molar-refractivity contribution < 1.29 is 51.9 Å². The Labute approximate surface area is 98.5 Å². The Kier molecular flexibility index (Phi) is 30800. The molecule has 0 unspecified atom stereocenters. The molecule has 10 heavy (non-hydrogen) atoms. The molecule has 0 aromatic heterocycles. The molecule has 0 saturated carbocycles. The van der Waals surface area contributed by atoms with Gasteiger partial charge in [0.1, 0.15) is 0 Å². The summed E-state index contributed by atoms with van der Waals surface area (Å²) in [4.78, 5) is 0. The van der Waals surface area contributed by atoms with Crippen LogP contribution in [0.5, 0.6) is 0 Å². The van der Waals surface area contributed by atoms with E-state index in [0.29, 0.717) is 0 Å². The minimum atomic E-state index is 0. The van der Waals surface area contributed by atoms with Crippen LogP contribution in [0.15, 0.2) is 0 Å². The molecule has 0 atom stereocenters. The summed E-state index contributed by atoms with van der Waals surface area (Å²) in [7, 11) is 0. The van der Waals surface area contributed by atoms with E-state index in [-0.39, 0.29) is 51.9 Å². The van der Waals surface area contributed by atoms with Crippen LogP contribution in [0.3, 0.4) is 0 Å². The van der Waals surface area contributed by atoms with Crippen molar-refractivity contribution in [2.24, 2.45) is 0 Å². The van der Waals surface area contributed by atoms with Gasteiger partial charge >= 0.3 is 51.9 Å². The molecule has 0 aromatic rings. The first-order valence-electron chi connectivity index (χ1n) is 0.894. The molecule has 0 rings (SSSR count). The number of nitrogens with zero attached hydrogens (tertiary/aromatic N) is 4. The van der Waals surface area contributed by atoms with Crippen LogP contribution in [0.1, 0.15) is 0 Å². The molecule has 0 aromatic carbocycles. The molecule has 0 aliphatic heterocycles. The van der Waals surface area contributed by atoms with Crippen molar-refractivity contribution in [3.8, 4) is 0 Å². The summed E-state index contributed by atoms with van der Waals surface area (Å²) < 4.78 is 0. The van der Waals surface area contributed by atoms with E-state index >= 15 is 0 Å². The average molecular weight is 324 g/mol. The first-order chi connectivity index (χ1) is 4.00. The summed E-state index contributed by atoms with van der Waals surface area (Å²) in [5, 5.41) is 25.0. The van der Waals surface area contributed by atoms with Gasteiger partial charge in [0, 0.05) is 0 Å². The molecule has 0 bridgehead atoms. The maximum absolute atomic E-state index is 6.25. The van der Waals surface area contributed by atoms with Gasteiger partial charge in [0.25, 0.3) is 0 Å². The Bertz CT molecular complexity index is 60.2. The number of rotatable bonds is 0. The van der Waals surface area contributed by atoms with E-state index < -0.39 is 0 Å². The normalized spacial score (nSPS) is 0.800. The van der Waals surface area contributed by atoms with E-state index in [9.17, 15) is 0 Å². The van der Waals surface area contributed by atoms with Crippen LogP contribution in [0.2, 0.25) is 0 Å². The van der Waals surface area contributed by atoms with Gasteiger partial charge < -0.3 is 47.3 Å². The quantitative estimate of drug-likeness (QED) is 0.360. The van der Waals surface area contributed by atoms with Crippen molar-refractivity contribution in [2.75, 3.05) is 0 Å². The average Bonchev–Trinajstić information content (AvgIpc) is 2.03. The third-order valence-corrected chi connectivity index (χ3v) is 0. The van der Waals surface area contributed by atoms with Crippen LogP contribution in [-0.4, -0.2) is 0 Å². The number of hydrogen-bond donors (Lipinski definition) is 0. The van der Waals surface area contributed by atoms with Crippen LogP contribution in [0.4, 0.5) is 0 Å². The minimum absolute atomic E-state index is 0. The largest absolute Gasteiger partial charge is 3.00 e. The third kappa shape index (κ3) is 3850. The fraction of sp³-hybridized carbons (Fsp3) is 0. The van der Waals surface area contributed by atoms with Gasteiger partial charge in [-0.1, -0.05) is 0 Å². The predicted molar refractivity (Wildman–Crippen MR) is 19.9 cm³/mol. The molecular formula is C4AuN4Na. The van der Waals surface area contributed by atoms with E-state index in [2.05, 4.69) is 0 Å². The maximum Gasteiger partial charge on any atom is 3.00 e. The fourth-order valence-corrected chi connectivity index (χ4v) is 0. The minimum Gasteiger partial charge on any atom is -0.512 e. The van der Waals surface area contributed by atoms with E-state index in [4.69, 9.17) is 47.3 Å². The molecule has 0 aliphatic rings. The molecule has 0 amide bonds. The SMILES string of the molecule is [Au+3].[C-]#N.[C-]#N.[C-]#N.[C-]#N.[Na+]. The standard InChI is InChI=1S/4CN.Au.Na/c4*1-2;;/q4*-1;+3;+1.